The Balaban J connectivity index is 2.36. The van der Waals surface area contributed by atoms with Crippen LogP contribution in [0.5, 0.6) is 0 Å². The maximum atomic E-state index is 13.2. The highest BCUT2D eigenvalue weighted by molar-refractivity contribution is 7.21. The van der Waals surface area contributed by atoms with Gasteiger partial charge in [0.15, 0.2) is 0 Å². The van der Waals surface area contributed by atoms with Crippen molar-refractivity contribution < 1.29 is 9.18 Å². The number of nitrogen functional groups attached to an aromatic ring is 1. The molecule has 0 spiro atoms. The molecule has 0 saturated heterocycles. The van der Waals surface area contributed by atoms with Crippen molar-refractivity contribution in [3.05, 3.63) is 28.9 Å². The van der Waals surface area contributed by atoms with Crippen molar-refractivity contribution in [1.29, 1.82) is 5.26 Å². The molecule has 104 valence electrons. The molecule has 20 heavy (non-hydrogen) atoms. The zero-order valence-electron chi connectivity index (χ0n) is 11.2. The summed E-state index contributed by atoms with van der Waals surface area (Å²) in [6, 6.07) is 6.36. The molecule has 0 aliphatic carbocycles. The van der Waals surface area contributed by atoms with Crippen molar-refractivity contribution in [3.63, 3.8) is 0 Å². The molecular formula is C14H14FN3OS. The van der Waals surface area contributed by atoms with Crippen LogP contribution in [-0.4, -0.2) is 24.4 Å². The normalized spacial score (nSPS) is 12.1. The van der Waals surface area contributed by atoms with Crippen LogP contribution < -0.4 is 5.73 Å². The third-order valence-corrected chi connectivity index (χ3v) is 4.17. The molecule has 1 aromatic heterocycles. The molecule has 1 atom stereocenters. The van der Waals surface area contributed by atoms with E-state index in [-0.39, 0.29) is 17.6 Å². The van der Waals surface area contributed by atoms with Crippen molar-refractivity contribution in [2.75, 3.05) is 19.3 Å². The number of anilines is 1. The van der Waals surface area contributed by atoms with Crippen molar-refractivity contribution in [3.8, 4) is 6.07 Å². The number of amides is 1. The molecule has 1 unspecified atom stereocenters. The SMILES string of the molecule is CC(C#N)CN(C)C(=O)c1sc2ccc(F)cc2c1N. The molecule has 2 aromatic rings. The highest BCUT2D eigenvalue weighted by Gasteiger charge is 2.21. The van der Waals surface area contributed by atoms with Crippen molar-refractivity contribution in [1.82, 2.24) is 4.90 Å². The van der Waals surface area contributed by atoms with Gasteiger partial charge in [-0.15, -0.1) is 11.3 Å². The summed E-state index contributed by atoms with van der Waals surface area (Å²) in [7, 11) is 1.63. The lowest BCUT2D eigenvalue weighted by atomic mass is 10.2. The van der Waals surface area contributed by atoms with Crippen molar-refractivity contribution in [2.24, 2.45) is 5.92 Å². The molecule has 0 aliphatic rings. The fourth-order valence-electron chi connectivity index (χ4n) is 1.96. The number of nitriles is 1. The van der Waals surface area contributed by atoms with Gasteiger partial charge in [-0.2, -0.15) is 5.26 Å². The topological polar surface area (TPSA) is 70.1 Å². The van der Waals surface area contributed by atoms with Crippen LogP contribution in [0.1, 0.15) is 16.6 Å². The number of halogens is 1. The van der Waals surface area contributed by atoms with Crippen LogP contribution in [0.4, 0.5) is 10.1 Å². The quantitative estimate of drug-likeness (QED) is 0.945. The molecule has 1 amide bonds. The van der Waals surface area contributed by atoms with Gasteiger partial charge in [0.25, 0.3) is 5.91 Å². The molecule has 0 bridgehead atoms. The van der Waals surface area contributed by atoms with Crippen molar-refractivity contribution in [2.45, 2.75) is 6.92 Å². The summed E-state index contributed by atoms with van der Waals surface area (Å²) in [4.78, 5) is 14.2. The van der Waals surface area contributed by atoms with Gasteiger partial charge in [0.1, 0.15) is 10.7 Å². The van der Waals surface area contributed by atoms with E-state index in [1.807, 2.05) is 0 Å². The fraction of sp³-hybridized carbons (Fsp3) is 0.286. The van der Waals surface area contributed by atoms with E-state index in [1.165, 1.54) is 28.4 Å². The van der Waals surface area contributed by atoms with Gasteiger partial charge < -0.3 is 10.6 Å². The third kappa shape index (κ3) is 2.58. The van der Waals surface area contributed by atoms with Crippen LogP contribution in [0.25, 0.3) is 10.1 Å². The Hall–Kier alpha value is -2.13. The van der Waals surface area contributed by atoms with E-state index >= 15 is 0 Å². The van der Waals surface area contributed by atoms with Crippen LogP contribution in [0.3, 0.4) is 0 Å². The molecule has 0 saturated carbocycles. The third-order valence-electron chi connectivity index (χ3n) is 3.00. The zero-order chi connectivity index (χ0) is 14.9. The molecule has 2 N–H and O–H groups in total. The number of nitrogens with zero attached hydrogens (tertiary/aromatic N) is 2. The van der Waals surface area contributed by atoms with Gasteiger partial charge in [0.05, 0.1) is 17.7 Å². The summed E-state index contributed by atoms with van der Waals surface area (Å²) in [5.74, 6) is -0.879. The van der Waals surface area contributed by atoms with Gasteiger partial charge in [0.2, 0.25) is 0 Å². The smallest absolute Gasteiger partial charge is 0.265 e. The predicted octanol–water partition coefficient (Wildman–Crippen LogP) is 2.85. The largest absolute Gasteiger partial charge is 0.397 e. The Morgan fingerprint density at radius 2 is 2.30 bits per heavy atom. The lowest BCUT2D eigenvalue weighted by Gasteiger charge is -2.17. The number of nitrogens with two attached hydrogens (primary N) is 1. The lowest BCUT2D eigenvalue weighted by molar-refractivity contribution is 0.0791. The van der Waals surface area contributed by atoms with Crippen LogP contribution in [0.2, 0.25) is 0 Å². The summed E-state index contributed by atoms with van der Waals surface area (Å²) < 4.78 is 14.0. The molecule has 0 radical (unpaired) electrons. The number of carbonyl (C=O) groups is 1. The predicted molar refractivity (Wildman–Crippen MR) is 77.9 cm³/mol. The van der Waals surface area contributed by atoms with E-state index in [0.29, 0.717) is 22.5 Å². The van der Waals surface area contributed by atoms with Gasteiger partial charge in [0, 0.05) is 23.7 Å². The first-order valence-corrected chi connectivity index (χ1v) is 6.88. The van der Waals surface area contributed by atoms with Gasteiger partial charge in [-0.05, 0) is 25.1 Å². The van der Waals surface area contributed by atoms with Crippen molar-refractivity contribution >= 4 is 33.0 Å². The average Bonchev–Trinajstić information content (AvgIpc) is 2.75. The van der Waals surface area contributed by atoms with Gasteiger partial charge >= 0.3 is 0 Å². The summed E-state index contributed by atoms with van der Waals surface area (Å²) in [5.41, 5.74) is 6.24. The lowest BCUT2D eigenvalue weighted by Crippen LogP contribution is -2.30. The first-order chi connectivity index (χ1) is 9.43. The zero-order valence-corrected chi connectivity index (χ0v) is 12.0. The summed E-state index contributed by atoms with van der Waals surface area (Å²) in [6.45, 7) is 2.07. The number of carbonyl (C=O) groups excluding carboxylic acids is 1. The highest BCUT2D eigenvalue weighted by atomic mass is 32.1. The summed E-state index contributed by atoms with van der Waals surface area (Å²) in [6.07, 6.45) is 0. The maximum Gasteiger partial charge on any atom is 0.265 e. The highest BCUT2D eigenvalue weighted by Crippen LogP contribution is 2.34. The molecule has 4 nitrogen and oxygen atoms in total. The Morgan fingerprint density at radius 1 is 1.60 bits per heavy atom. The second-order valence-corrected chi connectivity index (χ2v) is 5.75. The molecule has 1 heterocycles. The monoisotopic (exact) mass is 291 g/mol. The fourth-order valence-corrected chi connectivity index (χ4v) is 3.05. The van der Waals surface area contributed by atoms with Gasteiger partial charge in [-0.3, -0.25) is 4.79 Å². The molecule has 0 fully saturated rings. The minimum Gasteiger partial charge on any atom is -0.397 e. The first kappa shape index (κ1) is 14.3. The summed E-state index contributed by atoms with van der Waals surface area (Å²) >= 11 is 1.24. The van der Waals surface area contributed by atoms with E-state index in [0.717, 1.165) is 4.70 Å². The molecule has 6 heteroatoms. The van der Waals surface area contributed by atoms with E-state index in [4.69, 9.17) is 11.0 Å². The molecule has 2 rings (SSSR count). The molecule has 0 aliphatic heterocycles. The standard InChI is InChI=1S/C14H14FN3OS/c1-8(6-16)7-18(2)14(19)13-12(17)10-5-9(15)3-4-11(10)20-13/h3-5,8H,7,17H2,1-2H3. The van der Waals surface area contributed by atoms with Crippen LogP contribution >= 0.6 is 11.3 Å². The maximum absolute atomic E-state index is 13.2. The first-order valence-electron chi connectivity index (χ1n) is 6.06. The van der Waals surface area contributed by atoms with Gasteiger partial charge in [-0.25, -0.2) is 4.39 Å². The minimum atomic E-state index is -0.382. The molecular weight excluding hydrogens is 277 g/mol. The Kier molecular flexibility index (Phi) is 3.91. The molecule has 1 aromatic carbocycles. The number of hydrogen-bond acceptors (Lipinski definition) is 4. The second kappa shape index (κ2) is 5.47. The number of rotatable bonds is 3. The Morgan fingerprint density at radius 3 is 2.95 bits per heavy atom. The summed E-state index contributed by atoms with van der Waals surface area (Å²) in [5, 5.41) is 9.34. The average molecular weight is 291 g/mol. The second-order valence-electron chi connectivity index (χ2n) is 4.70. The number of thiophene rings is 1. The number of hydrogen-bond donors (Lipinski definition) is 1. The van der Waals surface area contributed by atoms with E-state index in [9.17, 15) is 9.18 Å². The number of fused-ring (bicyclic) bond motifs is 1. The minimum absolute atomic E-state index is 0.244. The van der Waals surface area contributed by atoms with Gasteiger partial charge in [-0.1, -0.05) is 0 Å². The van der Waals surface area contributed by atoms with E-state index in [1.54, 1.807) is 20.0 Å². The van der Waals surface area contributed by atoms with E-state index < -0.39 is 0 Å². The van der Waals surface area contributed by atoms with Crippen LogP contribution in [-0.2, 0) is 0 Å². The van der Waals surface area contributed by atoms with Crippen LogP contribution in [0.15, 0.2) is 18.2 Å². The van der Waals surface area contributed by atoms with Crippen LogP contribution in [0, 0.1) is 23.1 Å². The Labute approximate surface area is 120 Å². The Bertz CT molecular complexity index is 704. The van der Waals surface area contributed by atoms with E-state index in [2.05, 4.69) is 6.07 Å². The number of benzene rings is 1.